The number of aryl methyl sites for hydroxylation is 1. The van der Waals surface area contributed by atoms with Gasteiger partial charge in [-0.3, -0.25) is 4.21 Å². The second kappa shape index (κ2) is 5.18. The summed E-state index contributed by atoms with van der Waals surface area (Å²) in [7, 11) is -1.23. The molecule has 0 aliphatic rings. The Morgan fingerprint density at radius 1 is 1.33 bits per heavy atom. The minimum atomic E-state index is -1.23. The van der Waals surface area contributed by atoms with E-state index < -0.39 is 16.8 Å². The van der Waals surface area contributed by atoms with Crippen LogP contribution in [-0.4, -0.2) is 15.3 Å². The number of carboxylic acids is 1. The Labute approximate surface area is 107 Å². The van der Waals surface area contributed by atoms with Crippen molar-refractivity contribution in [1.29, 1.82) is 0 Å². The van der Waals surface area contributed by atoms with E-state index in [9.17, 15) is 9.00 Å². The highest BCUT2D eigenvalue weighted by molar-refractivity contribution is 7.84. The van der Waals surface area contributed by atoms with Crippen molar-refractivity contribution in [2.45, 2.75) is 17.6 Å². The number of carbonyl (C=O) groups is 1. The topological polar surface area (TPSA) is 67.5 Å². The van der Waals surface area contributed by atoms with Gasteiger partial charge in [-0.1, -0.05) is 12.1 Å². The summed E-state index contributed by atoms with van der Waals surface area (Å²) in [5.74, 6) is -0.669. The molecule has 18 heavy (non-hydrogen) atoms. The summed E-state index contributed by atoms with van der Waals surface area (Å²) in [5.41, 5.74) is 1.03. The minimum Gasteiger partial charge on any atom is -0.475 e. The van der Waals surface area contributed by atoms with Gasteiger partial charge in [-0.25, -0.2) is 4.79 Å². The van der Waals surface area contributed by atoms with Crippen LogP contribution in [0.5, 0.6) is 0 Å². The zero-order valence-corrected chi connectivity index (χ0v) is 10.6. The molecule has 94 valence electrons. The predicted octanol–water partition coefficient (Wildman–Crippen LogP) is 2.59. The van der Waals surface area contributed by atoms with Crippen LogP contribution >= 0.6 is 0 Å². The lowest BCUT2D eigenvalue weighted by atomic mass is 10.2. The van der Waals surface area contributed by atoms with Gasteiger partial charge in [-0.15, -0.1) is 0 Å². The van der Waals surface area contributed by atoms with Gasteiger partial charge in [-0.2, -0.15) is 0 Å². The Morgan fingerprint density at radius 2 is 2.11 bits per heavy atom. The van der Waals surface area contributed by atoms with E-state index in [1.54, 1.807) is 6.07 Å². The highest BCUT2D eigenvalue weighted by atomic mass is 32.2. The van der Waals surface area contributed by atoms with Crippen molar-refractivity contribution in [3.8, 4) is 0 Å². The monoisotopic (exact) mass is 264 g/mol. The number of aromatic carboxylic acids is 1. The molecule has 1 heterocycles. The summed E-state index contributed by atoms with van der Waals surface area (Å²) in [5, 5.41) is 8.72. The molecule has 0 saturated carbocycles. The summed E-state index contributed by atoms with van der Waals surface area (Å²) >= 11 is 0. The smallest absolute Gasteiger partial charge is 0.371 e. The number of furan rings is 1. The SMILES string of the molecule is Cc1cccc(S(=O)Cc2ccc(C(=O)O)o2)c1. The van der Waals surface area contributed by atoms with Crippen molar-refractivity contribution >= 4 is 16.8 Å². The van der Waals surface area contributed by atoms with E-state index in [0.717, 1.165) is 5.56 Å². The molecule has 2 rings (SSSR count). The van der Waals surface area contributed by atoms with Crippen LogP contribution in [0.3, 0.4) is 0 Å². The molecule has 0 aliphatic heterocycles. The van der Waals surface area contributed by atoms with Gasteiger partial charge in [-0.05, 0) is 36.8 Å². The van der Waals surface area contributed by atoms with Crippen LogP contribution in [-0.2, 0) is 16.6 Å². The summed E-state index contributed by atoms with van der Waals surface area (Å²) in [6.45, 7) is 1.93. The fourth-order valence-electron chi connectivity index (χ4n) is 1.54. The number of benzene rings is 1. The maximum absolute atomic E-state index is 12.0. The molecule has 1 atom stereocenters. The van der Waals surface area contributed by atoms with Crippen LogP contribution < -0.4 is 0 Å². The van der Waals surface area contributed by atoms with Crippen LogP contribution in [0.2, 0.25) is 0 Å². The van der Waals surface area contributed by atoms with E-state index in [0.29, 0.717) is 10.7 Å². The highest BCUT2D eigenvalue weighted by Crippen LogP contribution is 2.16. The summed E-state index contributed by atoms with van der Waals surface area (Å²) in [6, 6.07) is 10.3. The van der Waals surface area contributed by atoms with Crippen LogP contribution in [0.25, 0.3) is 0 Å². The van der Waals surface area contributed by atoms with E-state index >= 15 is 0 Å². The minimum absolute atomic E-state index is 0.133. The number of rotatable bonds is 4. The maximum Gasteiger partial charge on any atom is 0.371 e. The number of hydrogen-bond donors (Lipinski definition) is 1. The molecule has 0 bridgehead atoms. The van der Waals surface area contributed by atoms with Gasteiger partial charge >= 0.3 is 5.97 Å². The second-order valence-corrected chi connectivity index (χ2v) is 5.33. The van der Waals surface area contributed by atoms with Crippen LogP contribution in [0, 0.1) is 6.92 Å². The first kappa shape index (κ1) is 12.6. The number of hydrogen-bond acceptors (Lipinski definition) is 3. The molecule has 0 aliphatic carbocycles. The fraction of sp³-hybridized carbons (Fsp3) is 0.154. The van der Waals surface area contributed by atoms with Crippen molar-refractivity contribution in [3.63, 3.8) is 0 Å². The van der Waals surface area contributed by atoms with Crippen molar-refractivity contribution < 1.29 is 18.5 Å². The largest absolute Gasteiger partial charge is 0.475 e. The quantitative estimate of drug-likeness (QED) is 0.921. The zero-order chi connectivity index (χ0) is 13.1. The molecule has 0 amide bonds. The van der Waals surface area contributed by atoms with Crippen molar-refractivity contribution in [1.82, 2.24) is 0 Å². The predicted molar refractivity (Wildman–Crippen MR) is 67.0 cm³/mol. The van der Waals surface area contributed by atoms with E-state index in [4.69, 9.17) is 9.52 Å². The molecular weight excluding hydrogens is 252 g/mol. The molecule has 0 spiro atoms. The normalized spacial score (nSPS) is 12.3. The molecule has 0 saturated heterocycles. The molecule has 5 heteroatoms. The Balaban J connectivity index is 2.13. The Kier molecular flexibility index (Phi) is 3.62. The van der Waals surface area contributed by atoms with Gasteiger partial charge in [0.25, 0.3) is 0 Å². The van der Waals surface area contributed by atoms with E-state index in [2.05, 4.69) is 0 Å². The molecule has 0 fully saturated rings. The summed E-state index contributed by atoms with van der Waals surface area (Å²) in [4.78, 5) is 11.4. The average Bonchev–Trinajstić information content (AvgIpc) is 2.77. The second-order valence-electron chi connectivity index (χ2n) is 3.88. The van der Waals surface area contributed by atoms with Gasteiger partial charge in [0.15, 0.2) is 0 Å². The third-order valence-electron chi connectivity index (χ3n) is 2.40. The fourth-order valence-corrected chi connectivity index (χ4v) is 2.67. The average molecular weight is 264 g/mol. The van der Waals surface area contributed by atoms with Crippen molar-refractivity contribution in [2.24, 2.45) is 0 Å². The molecule has 0 radical (unpaired) electrons. The third kappa shape index (κ3) is 2.87. The molecule has 1 unspecified atom stereocenters. The summed E-state index contributed by atoms with van der Waals surface area (Å²) in [6.07, 6.45) is 0. The zero-order valence-electron chi connectivity index (χ0n) is 9.75. The van der Waals surface area contributed by atoms with Crippen LogP contribution in [0.4, 0.5) is 0 Å². The molecular formula is C13H12O4S. The molecule has 1 aromatic heterocycles. The number of carboxylic acid groups (broad SMARTS) is 1. The third-order valence-corrected chi connectivity index (χ3v) is 3.72. The van der Waals surface area contributed by atoms with Gasteiger partial charge in [0.05, 0.1) is 16.6 Å². The first-order valence-electron chi connectivity index (χ1n) is 5.33. The maximum atomic E-state index is 12.0. The van der Waals surface area contributed by atoms with E-state index in [-0.39, 0.29) is 11.5 Å². The van der Waals surface area contributed by atoms with Gasteiger partial charge in [0.1, 0.15) is 5.76 Å². The van der Waals surface area contributed by atoms with Gasteiger partial charge < -0.3 is 9.52 Å². The first-order valence-corrected chi connectivity index (χ1v) is 6.65. The van der Waals surface area contributed by atoms with Crippen LogP contribution in [0.15, 0.2) is 45.7 Å². The Hall–Kier alpha value is -1.88. The molecule has 1 N–H and O–H groups in total. The van der Waals surface area contributed by atoms with E-state index in [1.165, 1.54) is 12.1 Å². The lowest BCUT2D eigenvalue weighted by Gasteiger charge is -2.01. The Bertz CT molecular complexity index is 601. The molecule has 4 nitrogen and oxygen atoms in total. The van der Waals surface area contributed by atoms with E-state index in [1.807, 2.05) is 25.1 Å². The van der Waals surface area contributed by atoms with Crippen LogP contribution in [0.1, 0.15) is 21.9 Å². The van der Waals surface area contributed by atoms with Gasteiger partial charge in [0, 0.05) is 4.90 Å². The molecule has 2 aromatic rings. The standard InChI is InChI=1S/C13H12O4S/c1-9-3-2-4-11(7-9)18(16)8-10-5-6-12(17-10)13(14)15/h2-7H,8H2,1H3,(H,14,15). The molecule has 1 aromatic carbocycles. The highest BCUT2D eigenvalue weighted by Gasteiger charge is 2.12. The lowest BCUT2D eigenvalue weighted by Crippen LogP contribution is -1.96. The van der Waals surface area contributed by atoms with Crippen molar-refractivity contribution in [2.75, 3.05) is 0 Å². The van der Waals surface area contributed by atoms with Crippen molar-refractivity contribution in [3.05, 3.63) is 53.5 Å². The Morgan fingerprint density at radius 3 is 2.72 bits per heavy atom. The summed E-state index contributed by atoms with van der Waals surface area (Å²) < 4.78 is 17.1. The van der Waals surface area contributed by atoms with Gasteiger partial charge in [0.2, 0.25) is 5.76 Å². The first-order chi connectivity index (χ1) is 8.56. The lowest BCUT2D eigenvalue weighted by molar-refractivity contribution is 0.0661.